The molecule has 7 nitrogen and oxygen atoms in total. The molecule has 0 radical (unpaired) electrons. The van der Waals surface area contributed by atoms with Crippen molar-refractivity contribution in [2.45, 2.75) is 33.0 Å². The molecule has 2 atom stereocenters. The van der Waals surface area contributed by atoms with Gasteiger partial charge in [0.05, 0.1) is 0 Å². The molecular weight excluding hydrogens is 368 g/mol. The predicted octanol–water partition coefficient (Wildman–Crippen LogP) is 1.98. The van der Waals surface area contributed by atoms with Gasteiger partial charge in [0, 0.05) is 4.47 Å². The Balaban J connectivity index is 2.68. The van der Waals surface area contributed by atoms with E-state index in [0.29, 0.717) is 5.75 Å². The molecule has 0 spiro atoms. The van der Waals surface area contributed by atoms with Crippen molar-refractivity contribution in [3.63, 3.8) is 0 Å². The van der Waals surface area contributed by atoms with Gasteiger partial charge in [-0.05, 0) is 37.1 Å². The van der Waals surface area contributed by atoms with Crippen molar-refractivity contribution in [1.29, 1.82) is 0 Å². The van der Waals surface area contributed by atoms with Gasteiger partial charge in [-0.25, -0.2) is 9.59 Å². The van der Waals surface area contributed by atoms with Crippen LogP contribution in [0.1, 0.15) is 20.8 Å². The highest BCUT2D eigenvalue weighted by atomic mass is 79.9. The Labute approximate surface area is 142 Å². The van der Waals surface area contributed by atoms with E-state index in [1.54, 1.807) is 38.1 Å². The van der Waals surface area contributed by atoms with Crippen LogP contribution in [0.15, 0.2) is 28.7 Å². The lowest BCUT2D eigenvalue weighted by Gasteiger charge is -2.22. The lowest BCUT2D eigenvalue weighted by molar-refractivity contribution is -0.164. The summed E-state index contributed by atoms with van der Waals surface area (Å²) in [5.74, 6) is -1.33. The van der Waals surface area contributed by atoms with Crippen LogP contribution in [-0.4, -0.2) is 30.1 Å². The Hall–Kier alpha value is -2.09. The molecule has 0 bridgehead atoms. The number of carbonyl (C=O) groups excluding carboxylic acids is 3. The van der Waals surface area contributed by atoms with E-state index in [1.165, 1.54) is 6.92 Å². The molecule has 1 aromatic rings. The van der Waals surface area contributed by atoms with Crippen molar-refractivity contribution in [3.05, 3.63) is 28.7 Å². The molecule has 0 aromatic heterocycles. The number of urea groups is 1. The normalized spacial score (nSPS) is 13.1. The van der Waals surface area contributed by atoms with Crippen LogP contribution >= 0.6 is 15.9 Å². The van der Waals surface area contributed by atoms with E-state index in [-0.39, 0.29) is 5.92 Å². The molecule has 1 rings (SSSR count). The molecule has 0 unspecified atom stereocenters. The molecule has 23 heavy (non-hydrogen) atoms. The van der Waals surface area contributed by atoms with Crippen molar-refractivity contribution in [3.8, 4) is 5.75 Å². The molecule has 0 aliphatic rings. The van der Waals surface area contributed by atoms with Crippen LogP contribution in [0.3, 0.4) is 0 Å². The van der Waals surface area contributed by atoms with E-state index >= 15 is 0 Å². The first-order valence-corrected chi connectivity index (χ1v) is 7.73. The van der Waals surface area contributed by atoms with Crippen molar-refractivity contribution >= 4 is 33.8 Å². The smallest absolute Gasteiger partial charge is 0.347 e. The summed E-state index contributed by atoms with van der Waals surface area (Å²) in [4.78, 5) is 34.6. The first-order chi connectivity index (χ1) is 10.7. The first-order valence-electron chi connectivity index (χ1n) is 6.93. The number of rotatable bonds is 6. The molecule has 126 valence electrons. The van der Waals surface area contributed by atoms with Gasteiger partial charge in [0.2, 0.25) is 0 Å². The highest BCUT2D eigenvalue weighted by Crippen LogP contribution is 2.18. The van der Waals surface area contributed by atoms with Crippen molar-refractivity contribution in [1.82, 2.24) is 5.32 Å². The lowest BCUT2D eigenvalue weighted by atomic mass is 10.1. The third kappa shape index (κ3) is 6.27. The van der Waals surface area contributed by atoms with Crippen LogP contribution < -0.4 is 15.8 Å². The van der Waals surface area contributed by atoms with E-state index < -0.39 is 30.1 Å². The summed E-state index contributed by atoms with van der Waals surface area (Å²) in [6.45, 7) is 4.87. The number of nitrogens with two attached hydrogens (primary N) is 1. The molecular formula is C15H19BrN2O5. The Morgan fingerprint density at radius 1 is 1.13 bits per heavy atom. The Morgan fingerprint density at radius 2 is 1.70 bits per heavy atom. The van der Waals surface area contributed by atoms with Crippen LogP contribution in [0.25, 0.3) is 0 Å². The van der Waals surface area contributed by atoms with Gasteiger partial charge in [-0.3, -0.25) is 10.1 Å². The molecule has 0 aliphatic heterocycles. The van der Waals surface area contributed by atoms with E-state index in [4.69, 9.17) is 15.2 Å². The van der Waals surface area contributed by atoms with Crippen LogP contribution in [0.2, 0.25) is 0 Å². The van der Waals surface area contributed by atoms with Gasteiger partial charge < -0.3 is 15.2 Å². The van der Waals surface area contributed by atoms with Gasteiger partial charge in [0.15, 0.2) is 12.2 Å². The SMILES string of the molecule is CC(C)[C@H](OC(=O)[C@H](C)Oc1ccc(Br)cc1)C(=O)NC(N)=O. The van der Waals surface area contributed by atoms with Gasteiger partial charge >= 0.3 is 12.0 Å². The fraction of sp³-hybridized carbons (Fsp3) is 0.400. The average molecular weight is 387 g/mol. The van der Waals surface area contributed by atoms with Crippen molar-refractivity contribution < 1.29 is 23.9 Å². The Kier molecular flexibility index (Phi) is 7.02. The highest BCUT2D eigenvalue weighted by molar-refractivity contribution is 9.10. The van der Waals surface area contributed by atoms with Gasteiger partial charge in [-0.15, -0.1) is 0 Å². The molecule has 3 amide bonds. The lowest BCUT2D eigenvalue weighted by Crippen LogP contribution is -2.46. The number of esters is 1. The van der Waals surface area contributed by atoms with Crippen LogP contribution in [-0.2, 0) is 14.3 Å². The van der Waals surface area contributed by atoms with Crippen molar-refractivity contribution in [2.75, 3.05) is 0 Å². The van der Waals surface area contributed by atoms with Gasteiger partial charge in [0.25, 0.3) is 5.91 Å². The Morgan fingerprint density at radius 3 is 2.17 bits per heavy atom. The van der Waals surface area contributed by atoms with E-state index in [0.717, 1.165) is 4.47 Å². The monoisotopic (exact) mass is 386 g/mol. The molecule has 0 saturated heterocycles. The highest BCUT2D eigenvalue weighted by Gasteiger charge is 2.30. The number of ether oxygens (including phenoxy) is 2. The van der Waals surface area contributed by atoms with Crippen LogP contribution in [0, 0.1) is 5.92 Å². The van der Waals surface area contributed by atoms with Gasteiger partial charge in [0.1, 0.15) is 5.75 Å². The van der Waals surface area contributed by atoms with Crippen LogP contribution in [0.5, 0.6) is 5.75 Å². The minimum atomic E-state index is -1.13. The second-order valence-electron chi connectivity index (χ2n) is 5.17. The second-order valence-corrected chi connectivity index (χ2v) is 6.08. The number of imide groups is 1. The summed E-state index contributed by atoms with van der Waals surface area (Å²) in [6.07, 6.45) is -2.05. The number of nitrogens with one attached hydrogen (secondary N) is 1. The molecule has 0 saturated carbocycles. The minimum absolute atomic E-state index is 0.335. The summed E-state index contributed by atoms with van der Waals surface area (Å²) < 4.78 is 11.5. The third-order valence-electron chi connectivity index (χ3n) is 2.81. The maximum absolute atomic E-state index is 12.1. The van der Waals surface area contributed by atoms with E-state index in [9.17, 15) is 14.4 Å². The third-order valence-corrected chi connectivity index (χ3v) is 3.34. The average Bonchev–Trinajstić information content (AvgIpc) is 2.45. The van der Waals surface area contributed by atoms with Crippen molar-refractivity contribution in [2.24, 2.45) is 11.7 Å². The zero-order chi connectivity index (χ0) is 17.6. The molecule has 3 N–H and O–H groups in total. The number of hydrogen-bond donors (Lipinski definition) is 2. The maximum atomic E-state index is 12.1. The van der Waals surface area contributed by atoms with Crippen LogP contribution in [0.4, 0.5) is 4.79 Å². The number of carbonyl (C=O) groups is 3. The summed E-state index contributed by atoms with van der Waals surface area (Å²) in [5.41, 5.74) is 4.90. The van der Waals surface area contributed by atoms with Gasteiger partial charge in [-0.1, -0.05) is 29.8 Å². The predicted molar refractivity (Wildman–Crippen MR) is 86.7 cm³/mol. The molecule has 0 heterocycles. The summed E-state index contributed by atoms with van der Waals surface area (Å²) in [5, 5.41) is 1.90. The van der Waals surface area contributed by atoms with E-state index in [2.05, 4.69) is 15.9 Å². The maximum Gasteiger partial charge on any atom is 0.347 e. The first kappa shape index (κ1) is 19.0. The number of benzene rings is 1. The zero-order valence-electron chi connectivity index (χ0n) is 13.0. The number of hydrogen-bond acceptors (Lipinski definition) is 5. The molecule has 8 heteroatoms. The van der Waals surface area contributed by atoms with Gasteiger partial charge in [-0.2, -0.15) is 0 Å². The summed E-state index contributed by atoms with van der Waals surface area (Å²) in [6, 6.07) is 5.91. The molecule has 1 aromatic carbocycles. The minimum Gasteiger partial charge on any atom is -0.479 e. The molecule has 0 fully saturated rings. The number of primary amides is 1. The summed E-state index contributed by atoms with van der Waals surface area (Å²) in [7, 11) is 0. The number of halogens is 1. The Bertz CT molecular complexity index is 574. The summed E-state index contributed by atoms with van der Waals surface area (Å²) >= 11 is 3.30. The number of amides is 3. The fourth-order valence-electron chi connectivity index (χ4n) is 1.67. The zero-order valence-corrected chi connectivity index (χ0v) is 14.6. The fourth-order valence-corrected chi connectivity index (χ4v) is 1.94. The standard InChI is InChI=1S/C15H19BrN2O5/c1-8(2)12(13(19)18-15(17)21)23-14(20)9(3)22-11-6-4-10(16)5-7-11/h4-9,12H,1-3H3,(H3,17,18,19,21)/t9-,12-/m0/s1. The topological polar surface area (TPSA) is 108 Å². The largest absolute Gasteiger partial charge is 0.479 e. The molecule has 0 aliphatic carbocycles. The van der Waals surface area contributed by atoms with E-state index in [1.807, 2.05) is 5.32 Å². The quantitative estimate of drug-likeness (QED) is 0.726. The second kappa shape index (κ2) is 8.52.